The first-order chi connectivity index (χ1) is 7.67. The van der Waals surface area contributed by atoms with Crippen LogP contribution >= 0.6 is 0 Å². The van der Waals surface area contributed by atoms with E-state index < -0.39 is 0 Å². The number of carbonyl (C=O) groups is 1. The Hall–Kier alpha value is -1.15. The maximum absolute atomic E-state index is 11.8. The number of benzene rings is 1. The molecule has 0 bridgehead atoms. The predicted molar refractivity (Wildman–Crippen MR) is 67.7 cm³/mol. The molecule has 0 aliphatic rings. The Labute approximate surface area is 97.9 Å². The molecular weight excluding hydrogens is 198 g/mol. The number of nitrogens with two attached hydrogens (primary N) is 1. The van der Waals surface area contributed by atoms with E-state index in [4.69, 9.17) is 5.73 Å². The summed E-state index contributed by atoms with van der Waals surface area (Å²) in [6.07, 6.45) is 3.50. The average Bonchev–Trinajstić information content (AvgIpc) is 2.30. The molecule has 2 N–H and O–H groups in total. The van der Waals surface area contributed by atoms with Crippen LogP contribution in [-0.4, -0.2) is 11.8 Å². The molecule has 16 heavy (non-hydrogen) atoms. The maximum atomic E-state index is 11.8. The third-order valence-corrected chi connectivity index (χ3v) is 2.79. The maximum Gasteiger partial charge on any atom is 0.164 e. The van der Waals surface area contributed by atoms with Crippen molar-refractivity contribution in [2.24, 2.45) is 5.73 Å². The van der Waals surface area contributed by atoms with Crippen LogP contribution in [0.4, 0.5) is 0 Å². The highest BCUT2D eigenvalue weighted by molar-refractivity contribution is 5.96. The minimum absolute atomic E-state index is 0.0113. The van der Waals surface area contributed by atoms with Gasteiger partial charge in [-0.25, -0.2) is 0 Å². The van der Waals surface area contributed by atoms with Crippen molar-refractivity contribution in [3.63, 3.8) is 0 Å². The highest BCUT2D eigenvalue weighted by Crippen LogP contribution is 2.10. The molecule has 1 aromatic rings. The van der Waals surface area contributed by atoms with E-state index in [1.165, 1.54) is 5.56 Å². The summed E-state index contributed by atoms with van der Waals surface area (Å²) in [5.74, 6) is 0.150. The van der Waals surface area contributed by atoms with Gasteiger partial charge in [0, 0.05) is 18.0 Å². The molecule has 0 fully saturated rings. The Kier molecular flexibility index (Phi) is 5.20. The fourth-order valence-corrected chi connectivity index (χ4v) is 1.65. The Morgan fingerprint density at radius 2 is 1.88 bits per heavy atom. The van der Waals surface area contributed by atoms with Crippen molar-refractivity contribution in [3.8, 4) is 0 Å². The van der Waals surface area contributed by atoms with Crippen molar-refractivity contribution in [2.45, 2.75) is 45.6 Å². The second-order valence-electron chi connectivity index (χ2n) is 4.24. The first-order valence-corrected chi connectivity index (χ1v) is 6.05. The van der Waals surface area contributed by atoms with Crippen LogP contribution in [0.25, 0.3) is 0 Å². The summed E-state index contributed by atoms with van der Waals surface area (Å²) in [6, 6.07) is 7.89. The SMILES string of the molecule is CCCc1ccc(C(=O)CC(N)CC)cc1. The van der Waals surface area contributed by atoms with Crippen molar-refractivity contribution >= 4 is 5.78 Å². The molecule has 0 saturated heterocycles. The quantitative estimate of drug-likeness (QED) is 0.747. The van der Waals surface area contributed by atoms with Gasteiger partial charge in [-0.15, -0.1) is 0 Å². The molecule has 0 aliphatic heterocycles. The van der Waals surface area contributed by atoms with Crippen LogP contribution in [0.5, 0.6) is 0 Å². The van der Waals surface area contributed by atoms with Gasteiger partial charge in [0.15, 0.2) is 5.78 Å². The van der Waals surface area contributed by atoms with E-state index in [-0.39, 0.29) is 11.8 Å². The highest BCUT2D eigenvalue weighted by Gasteiger charge is 2.09. The lowest BCUT2D eigenvalue weighted by Crippen LogP contribution is -2.22. The van der Waals surface area contributed by atoms with E-state index >= 15 is 0 Å². The number of hydrogen-bond acceptors (Lipinski definition) is 2. The van der Waals surface area contributed by atoms with Crippen LogP contribution in [0.15, 0.2) is 24.3 Å². The van der Waals surface area contributed by atoms with Crippen LogP contribution in [0.2, 0.25) is 0 Å². The zero-order valence-corrected chi connectivity index (χ0v) is 10.2. The number of ketones is 1. The topological polar surface area (TPSA) is 43.1 Å². The van der Waals surface area contributed by atoms with Gasteiger partial charge in [-0.3, -0.25) is 4.79 Å². The molecule has 1 aromatic carbocycles. The molecule has 1 unspecified atom stereocenters. The normalized spacial score (nSPS) is 12.4. The van der Waals surface area contributed by atoms with E-state index in [2.05, 4.69) is 6.92 Å². The summed E-state index contributed by atoms with van der Waals surface area (Å²) >= 11 is 0. The molecule has 1 atom stereocenters. The lowest BCUT2D eigenvalue weighted by Gasteiger charge is -2.07. The Morgan fingerprint density at radius 3 is 2.38 bits per heavy atom. The van der Waals surface area contributed by atoms with Crippen molar-refractivity contribution in [3.05, 3.63) is 35.4 Å². The largest absolute Gasteiger partial charge is 0.327 e. The van der Waals surface area contributed by atoms with Gasteiger partial charge in [0.25, 0.3) is 0 Å². The standard InChI is InChI=1S/C14H21NO/c1-3-5-11-6-8-12(9-7-11)14(16)10-13(15)4-2/h6-9,13H,3-5,10,15H2,1-2H3. The van der Waals surface area contributed by atoms with Gasteiger partial charge in [-0.1, -0.05) is 44.5 Å². The summed E-state index contributed by atoms with van der Waals surface area (Å²) in [6.45, 7) is 4.15. The molecule has 2 nitrogen and oxygen atoms in total. The number of Topliss-reactive ketones (excluding diaryl/α,β-unsaturated/α-hetero) is 1. The average molecular weight is 219 g/mol. The third kappa shape index (κ3) is 3.78. The Bertz CT molecular complexity index is 329. The van der Waals surface area contributed by atoms with Crippen LogP contribution in [0, 0.1) is 0 Å². The van der Waals surface area contributed by atoms with Crippen LogP contribution in [-0.2, 0) is 6.42 Å². The molecule has 0 radical (unpaired) electrons. The summed E-state index contributed by atoms with van der Waals surface area (Å²) in [4.78, 5) is 11.8. The van der Waals surface area contributed by atoms with E-state index in [0.29, 0.717) is 6.42 Å². The highest BCUT2D eigenvalue weighted by atomic mass is 16.1. The molecule has 0 heterocycles. The minimum Gasteiger partial charge on any atom is -0.327 e. The van der Waals surface area contributed by atoms with E-state index in [1.807, 2.05) is 31.2 Å². The van der Waals surface area contributed by atoms with Crippen LogP contribution in [0.3, 0.4) is 0 Å². The molecule has 88 valence electrons. The van der Waals surface area contributed by atoms with Gasteiger partial charge in [0.05, 0.1) is 0 Å². The van der Waals surface area contributed by atoms with Crippen LogP contribution in [0.1, 0.15) is 49.0 Å². The van der Waals surface area contributed by atoms with Gasteiger partial charge >= 0.3 is 0 Å². The first kappa shape index (κ1) is 12.9. The fourth-order valence-electron chi connectivity index (χ4n) is 1.65. The van der Waals surface area contributed by atoms with Gasteiger partial charge in [0.2, 0.25) is 0 Å². The van der Waals surface area contributed by atoms with Crippen molar-refractivity contribution in [2.75, 3.05) is 0 Å². The molecule has 0 spiro atoms. The van der Waals surface area contributed by atoms with Gasteiger partial charge in [0.1, 0.15) is 0 Å². The molecule has 0 aliphatic carbocycles. The minimum atomic E-state index is -0.0113. The Balaban J connectivity index is 2.63. The van der Waals surface area contributed by atoms with Crippen molar-refractivity contribution in [1.82, 2.24) is 0 Å². The molecule has 0 amide bonds. The molecule has 0 aromatic heterocycles. The zero-order chi connectivity index (χ0) is 12.0. The zero-order valence-electron chi connectivity index (χ0n) is 10.2. The number of rotatable bonds is 6. The summed E-state index contributed by atoms with van der Waals surface area (Å²) in [5.41, 5.74) is 7.84. The van der Waals surface area contributed by atoms with Gasteiger partial charge in [-0.2, -0.15) is 0 Å². The summed E-state index contributed by atoms with van der Waals surface area (Å²) in [5, 5.41) is 0. The molecular formula is C14H21NO. The Morgan fingerprint density at radius 1 is 1.25 bits per heavy atom. The summed E-state index contributed by atoms with van der Waals surface area (Å²) < 4.78 is 0. The molecule has 0 saturated carbocycles. The lowest BCUT2D eigenvalue weighted by molar-refractivity contribution is 0.0974. The third-order valence-electron chi connectivity index (χ3n) is 2.79. The van der Waals surface area contributed by atoms with Crippen LogP contribution < -0.4 is 5.73 Å². The number of carbonyl (C=O) groups excluding carboxylic acids is 1. The van der Waals surface area contributed by atoms with Crippen molar-refractivity contribution < 1.29 is 4.79 Å². The van der Waals surface area contributed by atoms with E-state index in [1.54, 1.807) is 0 Å². The molecule has 2 heteroatoms. The van der Waals surface area contributed by atoms with E-state index in [9.17, 15) is 4.79 Å². The van der Waals surface area contributed by atoms with Gasteiger partial charge in [-0.05, 0) is 18.4 Å². The smallest absolute Gasteiger partial charge is 0.164 e. The van der Waals surface area contributed by atoms with Crippen molar-refractivity contribution in [1.29, 1.82) is 0 Å². The predicted octanol–water partition coefficient (Wildman–Crippen LogP) is 2.95. The fraction of sp³-hybridized carbons (Fsp3) is 0.500. The second-order valence-corrected chi connectivity index (χ2v) is 4.24. The monoisotopic (exact) mass is 219 g/mol. The first-order valence-electron chi connectivity index (χ1n) is 6.05. The second kappa shape index (κ2) is 6.44. The summed E-state index contributed by atoms with van der Waals surface area (Å²) in [7, 11) is 0. The number of aryl methyl sites for hydroxylation is 1. The number of hydrogen-bond donors (Lipinski definition) is 1. The molecule has 1 rings (SSSR count). The van der Waals surface area contributed by atoms with Gasteiger partial charge < -0.3 is 5.73 Å². The van der Waals surface area contributed by atoms with E-state index in [0.717, 1.165) is 24.8 Å². The lowest BCUT2D eigenvalue weighted by atomic mass is 10.0.